The summed E-state index contributed by atoms with van der Waals surface area (Å²) in [6.45, 7) is 8.54. The van der Waals surface area contributed by atoms with Gasteiger partial charge in [0.1, 0.15) is 0 Å². The number of likely N-dealkylation sites (N-methyl/N-ethyl adjacent to an activating group) is 1. The van der Waals surface area contributed by atoms with Crippen LogP contribution < -0.4 is 4.90 Å². The molecule has 1 aromatic heterocycles. The van der Waals surface area contributed by atoms with E-state index in [0.29, 0.717) is 0 Å². The van der Waals surface area contributed by atoms with E-state index in [1.807, 2.05) is 13.1 Å². The zero-order chi connectivity index (χ0) is 13.1. The van der Waals surface area contributed by atoms with Crippen molar-refractivity contribution in [2.24, 2.45) is 0 Å². The Balaban J connectivity index is 2.13. The van der Waals surface area contributed by atoms with Crippen molar-refractivity contribution in [1.82, 2.24) is 9.88 Å². The zero-order valence-corrected chi connectivity index (χ0v) is 11.8. The SMILES string of the molecule is CO[C@@H](C)c1ncc(N2CCN(C)CC2)cc1C. The summed E-state index contributed by atoms with van der Waals surface area (Å²) in [6.07, 6.45) is 2.04. The Morgan fingerprint density at radius 2 is 1.94 bits per heavy atom. The number of methoxy groups -OCH3 is 1. The van der Waals surface area contributed by atoms with Gasteiger partial charge >= 0.3 is 0 Å². The third-order valence-electron chi connectivity index (χ3n) is 3.71. The molecule has 0 N–H and O–H groups in total. The highest BCUT2D eigenvalue weighted by Crippen LogP contribution is 2.23. The summed E-state index contributed by atoms with van der Waals surface area (Å²) in [5, 5.41) is 0. The molecule has 100 valence electrons. The predicted molar refractivity (Wildman–Crippen MR) is 74.1 cm³/mol. The summed E-state index contributed by atoms with van der Waals surface area (Å²) in [5.41, 5.74) is 3.48. The molecule has 0 amide bonds. The minimum atomic E-state index is 0.0616. The van der Waals surface area contributed by atoms with Crippen molar-refractivity contribution in [2.45, 2.75) is 20.0 Å². The van der Waals surface area contributed by atoms with Gasteiger partial charge in [-0.2, -0.15) is 0 Å². The smallest absolute Gasteiger partial charge is 0.0965 e. The number of aryl methyl sites for hydroxylation is 1. The van der Waals surface area contributed by atoms with Crippen LogP contribution in [0.5, 0.6) is 0 Å². The van der Waals surface area contributed by atoms with Gasteiger partial charge in [0.05, 0.1) is 23.7 Å². The van der Waals surface area contributed by atoms with Gasteiger partial charge in [-0.3, -0.25) is 4.98 Å². The normalized spacial score (nSPS) is 19.0. The topological polar surface area (TPSA) is 28.6 Å². The quantitative estimate of drug-likeness (QED) is 0.817. The number of ether oxygens (including phenoxy) is 1. The maximum absolute atomic E-state index is 5.33. The molecule has 1 saturated heterocycles. The molecule has 2 rings (SSSR count). The average molecular weight is 249 g/mol. The predicted octanol–water partition coefficient (Wildman–Crippen LogP) is 1.85. The van der Waals surface area contributed by atoms with Crippen molar-refractivity contribution < 1.29 is 4.74 Å². The van der Waals surface area contributed by atoms with E-state index >= 15 is 0 Å². The number of piperazine rings is 1. The molecule has 1 atom stereocenters. The van der Waals surface area contributed by atoms with E-state index in [-0.39, 0.29) is 6.10 Å². The molecule has 0 aliphatic carbocycles. The Hall–Kier alpha value is -1.13. The van der Waals surface area contributed by atoms with Gasteiger partial charge in [0.25, 0.3) is 0 Å². The molecular weight excluding hydrogens is 226 g/mol. The Morgan fingerprint density at radius 3 is 2.50 bits per heavy atom. The van der Waals surface area contributed by atoms with Gasteiger partial charge in [0.15, 0.2) is 0 Å². The first-order valence-corrected chi connectivity index (χ1v) is 6.54. The fourth-order valence-electron chi connectivity index (χ4n) is 2.35. The molecule has 18 heavy (non-hydrogen) atoms. The van der Waals surface area contributed by atoms with E-state index in [2.05, 4.69) is 34.8 Å². The van der Waals surface area contributed by atoms with E-state index in [0.717, 1.165) is 31.9 Å². The molecule has 1 fully saturated rings. The standard InChI is InChI=1S/C14H23N3O/c1-11-9-13(10-15-14(11)12(2)18-4)17-7-5-16(3)6-8-17/h9-10,12H,5-8H2,1-4H3/t12-/m0/s1. The van der Waals surface area contributed by atoms with Gasteiger partial charge in [-0.05, 0) is 32.5 Å². The van der Waals surface area contributed by atoms with Crippen molar-refractivity contribution in [3.63, 3.8) is 0 Å². The van der Waals surface area contributed by atoms with Gasteiger partial charge in [0, 0.05) is 33.3 Å². The summed E-state index contributed by atoms with van der Waals surface area (Å²) in [6, 6.07) is 2.23. The van der Waals surface area contributed by atoms with Gasteiger partial charge in [-0.1, -0.05) is 0 Å². The lowest BCUT2D eigenvalue weighted by Crippen LogP contribution is -2.44. The number of nitrogens with zero attached hydrogens (tertiary/aromatic N) is 3. The Kier molecular flexibility index (Phi) is 4.19. The molecule has 1 aliphatic rings. The maximum atomic E-state index is 5.33. The highest BCUT2D eigenvalue weighted by atomic mass is 16.5. The zero-order valence-electron chi connectivity index (χ0n) is 11.8. The first-order chi connectivity index (χ1) is 8.61. The first kappa shape index (κ1) is 13.3. The molecule has 2 heterocycles. The van der Waals surface area contributed by atoms with Gasteiger partial charge in [-0.25, -0.2) is 0 Å². The van der Waals surface area contributed by atoms with Crippen LogP contribution >= 0.6 is 0 Å². The van der Waals surface area contributed by atoms with Crippen LogP contribution in [0.2, 0.25) is 0 Å². The lowest BCUT2D eigenvalue weighted by Gasteiger charge is -2.34. The lowest BCUT2D eigenvalue weighted by molar-refractivity contribution is 0.115. The molecule has 0 aromatic carbocycles. The number of rotatable bonds is 3. The molecule has 0 radical (unpaired) electrons. The van der Waals surface area contributed by atoms with Crippen molar-refractivity contribution in [1.29, 1.82) is 0 Å². The fraction of sp³-hybridized carbons (Fsp3) is 0.643. The molecule has 1 aliphatic heterocycles. The average Bonchev–Trinajstić information content (AvgIpc) is 2.38. The first-order valence-electron chi connectivity index (χ1n) is 6.54. The second-order valence-corrected chi connectivity index (χ2v) is 5.06. The number of aromatic nitrogens is 1. The van der Waals surface area contributed by atoms with E-state index in [9.17, 15) is 0 Å². The molecule has 4 heteroatoms. The molecule has 0 bridgehead atoms. The van der Waals surface area contributed by atoms with E-state index < -0.39 is 0 Å². The summed E-state index contributed by atoms with van der Waals surface area (Å²) in [4.78, 5) is 9.33. The van der Waals surface area contributed by atoms with Crippen LogP contribution in [0.3, 0.4) is 0 Å². The minimum absolute atomic E-state index is 0.0616. The second-order valence-electron chi connectivity index (χ2n) is 5.06. The van der Waals surface area contributed by atoms with Crippen molar-refractivity contribution >= 4 is 5.69 Å². The summed E-state index contributed by atoms with van der Waals surface area (Å²) >= 11 is 0. The Morgan fingerprint density at radius 1 is 1.28 bits per heavy atom. The number of hydrogen-bond donors (Lipinski definition) is 0. The molecule has 0 saturated carbocycles. The van der Waals surface area contributed by atoms with Crippen LogP contribution in [0.15, 0.2) is 12.3 Å². The lowest BCUT2D eigenvalue weighted by atomic mass is 10.1. The monoisotopic (exact) mass is 249 g/mol. The third kappa shape index (κ3) is 2.82. The van der Waals surface area contributed by atoms with Crippen LogP contribution in [0.4, 0.5) is 5.69 Å². The van der Waals surface area contributed by atoms with Gasteiger partial charge in [-0.15, -0.1) is 0 Å². The number of pyridine rings is 1. The highest BCUT2D eigenvalue weighted by molar-refractivity contribution is 5.48. The Bertz CT molecular complexity index is 400. The molecule has 0 spiro atoms. The third-order valence-corrected chi connectivity index (χ3v) is 3.71. The van der Waals surface area contributed by atoms with Crippen LogP contribution in [0, 0.1) is 6.92 Å². The largest absolute Gasteiger partial charge is 0.375 e. The van der Waals surface area contributed by atoms with Crippen molar-refractivity contribution in [3.05, 3.63) is 23.5 Å². The van der Waals surface area contributed by atoms with Gasteiger partial charge < -0.3 is 14.5 Å². The number of hydrogen-bond acceptors (Lipinski definition) is 4. The minimum Gasteiger partial charge on any atom is -0.375 e. The molecule has 1 aromatic rings. The van der Waals surface area contributed by atoms with Crippen LogP contribution in [0.1, 0.15) is 24.3 Å². The van der Waals surface area contributed by atoms with Crippen molar-refractivity contribution in [2.75, 3.05) is 45.2 Å². The Labute approximate surface area is 110 Å². The highest BCUT2D eigenvalue weighted by Gasteiger charge is 2.16. The van der Waals surface area contributed by atoms with Crippen LogP contribution in [-0.4, -0.2) is 50.2 Å². The second kappa shape index (κ2) is 5.67. The molecular formula is C14H23N3O. The summed E-state index contributed by atoms with van der Waals surface area (Å²) in [7, 11) is 3.89. The van der Waals surface area contributed by atoms with E-state index in [1.165, 1.54) is 11.3 Å². The summed E-state index contributed by atoms with van der Waals surface area (Å²) in [5.74, 6) is 0. The van der Waals surface area contributed by atoms with E-state index in [1.54, 1.807) is 7.11 Å². The van der Waals surface area contributed by atoms with E-state index in [4.69, 9.17) is 4.74 Å². The number of anilines is 1. The van der Waals surface area contributed by atoms with Crippen LogP contribution in [-0.2, 0) is 4.74 Å². The fourth-order valence-corrected chi connectivity index (χ4v) is 2.35. The molecule has 0 unspecified atom stereocenters. The molecule has 4 nitrogen and oxygen atoms in total. The van der Waals surface area contributed by atoms with Crippen LogP contribution in [0.25, 0.3) is 0 Å². The van der Waals surface area contributed by atoms with Gasteiger partial charge in [0.2, 0.25) is 0 Å². The summed E-state index contributed by atoms with van der Waals surface area (Å²) < 4.78 is 5.33. The van der Waals surface area contributed by atoms with Crippen molar-refractivity contribution in [3.8, 4) is 0 Å². The maximum Gasteiger partial charge on any atom is 0.0965 e.